The Labute approximate surface area is 149 Å². The molecule has 0 saturated carbocycles. The summed E-state index contributed by atoms with van der Waals surface area (Å²) in [5, 5.41) is 3.32. The normalized spacial score (nSPS) is 17.1. The van der Waals surface area contributed by atoms with E-state index in [0.717, 1.165) is 10.5 Å². The zero-order valence-corrected chi connectivity index (χ0v) is 14.6. The molecule has 2 aromatic carbocycles. The maximum Gasteiger partial charge on any atom is 0.387 e. The molecule has 1 heterocycles. The lowest BCUT2D eigenvalue weighted by atomic mass is 10.1. The number of carbonyl (C=O) groups is 1. The van der Waals surface area contributed by atoms with Crippen LogP contribution in [0.15, 0.2) is 59.5 Å². The molecule has 6 heteroatoms. The van der Waals surface area contributed by atoms with Crippen molar-refractivity contribution in [3.63, 3.8) is 0 Å². The number of nitrogens with one attached hydrogen (secondary N) is 1. The van der Waals surface area contributed by atoms with E-state index < -0.39 is 6.61 Å². The smallest absolute Gasteiger partial charge is 0.387 e. The molecule has 0 aliphatic carbocycles. The molecule has 1 aliphatic rings. The highest BCUT2D eigenvalue weighted by Gasteiger charge is 2.29. The average Bonchev–Trinajstić information content (AvgIpc) is 2.53. The van der Waals surface area contributed by atoms with Gasteiger partial charge in [-0.3, -0.25) is 4.79 Å². The van der Waals surface area contributed by atoms with E-state index >= 15 is 0 Å². The Morgan fingerprint density at radius 1 is 1.20 bits per heavy atom. The van der Waals surface area contributed by atoms with Gasteiger partial charge in [-0.15, -0.1) is 0 Å². The molecule has 1 N–H and O–H groups in total. The zero-order chi connectivity index (χ0) is 18.0. The van der Waals surface area contributed by atoms with E-state index in [1.54, 1.807) is 30.3 Å². The number of hydrogen-bond donors (Lipinski definition) is 1. The second-order valence-electron chi connectivity index (χ2n) is 6.06. The first kappa shape index (κ1) is 17.5. The van der Waals surface area contributed by atoms with Gasteiger partial charge in [0.15, 0.2) is 5.78 Å². The van der Waals surface area contributed by atoms with Gasteiger partial charge < -0.3 is 10.1 Å². The second kappa shape index (κ2) is 6.88. The molecule has 2 aromatic rings. The molecule has 0 aromatic heterocycles. The van der Waals surface area contributed by atoms with E-state index in [1.807, 2.05) is 32.0 Å². The average molecular weight is 361 g/mol. The van der Waals surface area contributed by atoms with E-state index in [4.69, 9.17) is 0 Å². The predicted molar refractivity (Wildman–Crippen MR) is 94.9 cm³/mol. The minimum Gasteiger partial charge on any atom is -0.435 e. The van der Waals surface area contributed by atoms with Crippen LogP contribution in [0.1, 0.15) is 29.8 Å². The Morgan fingerprint density at radius 3 is 2.60 bits per heavy atom. The van der Waals surface area contributed by atoms with Crippen LogP contribution in [0.25, 0.3) is 5.70 Å². The second-order valence-corrected chi connectivity index (χ2v) is 7.73. The molecular weight excluding hydrogens is 344 g/mol. The summed E-state index contributed by atoms with van der Waals surface area (Å²) in [5.74, 6) is -0.0163. The summed E-state index contributed by atoms with van der Waals surface area (Å²) in [6.07, 6.45) is 1.54. The molecule has 25 heavy (non-hydrogen) atoms. The fourth-order valence-electron chi connectivity index (χ4n) is 2.61. The van der Waals surface area contributed by atoms with Crippen LogP contribution >= 0.6 is 11.8 Å². The number of fused-ring (bicyclic) bond motifs is 1. The summed E-state index contributed by atoms with van der Waals surface area (Å²) in [6.45, 7) is 1.05. The summed E-state index contributed by atoms with van der Waals surface area (Å²) in [5.41, 5.74) is 2.04. The van der Waals surface area contributed by atoms with Crippen molar-refractivity contribution in [2.45, 2.75) is 30.2 Å². The lowest BCUT2D eigenvalue weighted by Crippen LogP contribution is -2.37. The Kier molecular flexibility index (Phi) is 4.81. The van der Waals surface area contributed by atoms with E-state index in [9.17, 15) is 13.6 Å². The Morgan fingerprint density at radius 2 is 1.92 bits per heavy atom. The van der Waals surface area contributed by atoms with Crippen molar-refractivity contribution in [3.05, 3.63) is 65.7 Å². The number of allylic oxidation sites excluding steroid dienone is 1. The molecule has 1 aliphatic heterocycles. The molecule has 0 saturated heterocycles. The highest BCUT2D eigenvalue weighted by atomic mass is 32.2. The van der Waals surface area contributed by atoms with Crippen LogP contribution in [0, 0.1) is 0 Å². The van der Waals surface area contributed by atoms with Gasteiger partial charge in [-0.25, -0.2) is 0 Å². The molecule has 3 rings (SSSR count). The summed E-state index contributed by atoms with van der Waals surface area (Å²) >= 11 is 1.49. The van der Waals surface area contributed by atoms with Crippen LogP contribution in [-0.4, -0.2) is 17.3 Å². The number of halogens is 2. The topological polar surface area (TPSA) is 38.3 Å². The number of ketones is 1. The minimum absolute atomic E-state index is 0.104. The van der Waals surface area contributed by atoms with Crippen molar-refractivity contribution < 1.29 is 18.3 Å². The minimum atomic E-state index is -2.87. The first-order valence-corrected chi connectivity index (χ1v) is 8.53. The van der Waals surface area contributed by atoms with E-state index in [1.165, 1.54) is 17.8 Å². The molecule has 3 nitrogen and oxygen atoms in total. The highest BCUT2D eigenvalue weighted by Crippen LogP contribution is 2.43. The third-order valence-corrected chi connectivity index (χ3v) is 4.77. The summed E-state index contributed by atoms with van der Waals surface area (Å²) in [7, 11) is 0. The van der Waals surface area contributed by atoms with Gasteiger partial charge in [0.1, 0.15) is 5.75 Å². The summed E-state index contributed by atoms with van der Waals surface area (Å²) < 4.78 is 29.4. The number of benzene rings is 2. The lowest BCUT2D eigenvalue weighted by Gasteiger charge is -2.35. The molecular formula is C19H17F2NO2S. The predicted octanol–water partition coefficient (Wildman–Crippen LogP) is 4.94. The van der Waals surface area contributed by atoms with Gasteiger partial charge in [0, 0.05) is 27.8 Å². The van der Waals surface area contributed by atoms with Crippen LogP contribution in [0.5, 0.6) is 5.75 Å². The molecule has 0 amide bonds. The molecule has 0 atom stereocenters. The van der Waals surface area contributed by atoms with Crippen LogP contribution in [0.3, 0.4) is 0 Å². The van der Waals surface area contributed by atoms with Gasteiger partial charge in [-0.05, 0) is 32.0 Å². The fraction of sp³-hybridized carbons (Fsp3) is 0.211. The number of alkyl halides is 2. The lowest BCUT2D eigenvalue weighted by molar-refractivity contribution is -0.0499. The van der Waals surface area contributed by atoms with Gasteiger partial charge in [0.25, 0.3) is 0 Å². The van der Waals surface area contributed by atoms with Crippen molar-refractivity contribution in [1.29, 1.82) is 0 Å². The Bertz CT molecular complexity index is 819. The molecule has 0 bridgehead atoms. The number of ether oxygens (including phenoxy) is 1. The van der Waals surface area contributed by atoms with E-state index in [-0.39, 0.29) is 16.4 Å². The van der Waals surface area contributed by atoms with Crippen molar-refractivity contribution >= 4 is 23.2 Å². The molecule has 0 radical (unpaired) electrons. The van der Waals surface area contributed by atoms with Crippen molar-refractivity contribution in [2.75, 3.05) is 0 Å². The Hall–Kier alpha value is -2.34. The molecule has 0 unspecified atom stereocenters. The first-order chi connectivity index (χ1) is 11.8. The number of hydrogen-bond acceptors (Lipinski definition) is 4. The first-order valence-electron chi connectivity index (χ1n) is 7.71. The quantitative estimate of drug-likeness (QED) is 0.618. The van der Waals surface area contributed by atoms with Crippen molar-refractivity contribution in [1.82, 2.24) is 5.32 Å². The van der Waals surface area contributed by atoms with E-state index in [0.29, 0.717) is 11.3 Å². The molecule has 0 spiro atoms. The maximum atomic E-state index is 12.5. The zero-order valence-electron chi connectivity index (χ0n) is 13.8. The number of rotatable bonds is 4. The number of carbonyl (C=O) groups excluding carboxylic acids is 1. The van der Waals surface area contributed by atoms with E-state index in [2.05, 4.69) is 10.1 Å². The van der Waals surface area contributed by atoms with Crippen LogP contribution in [0.4, 0.5) is 8.78 Å². The summed E-state index contributed by atoms with van der Waals surface area (Å²) in [6, 6.07) is 13.7. The number of thioether (sulfide) groups is 1. The van der Waals surface area contributed by atoms with Crippen molar-refractivity contribution in [2.24, 2.45) is 0 Å². The largest absolute Gasteiger partial charge is 0.435 e. The monoisotopic (exact) mass is 361 g/mol. The SMILES string of the molecule is CC1(C)N/C(=C\C(=O)c2ccccc2)c2ccc(OC(F)F)cc2S1. The third-order valence-electron chi connectivity index (χ3n) is 3.60. The standard InChI is InChI=1S/C19H17F2NO2S/c1-19(2)22-15(11-16(23)12-6-4-3-5-7-12)14-9-8-13(24-18(20)21)10-17(14)25-19/h3-11,18,22H,1-2H3/b15-11-. The summed E-state index contributed by atoms with van der Waals surface area (Å²) in [4.78, 5) is 12.9. The van der Waals surface area contributed by atoms with Crippen LogP contribution in [0.2, 0.25) is 0 Å². The maximum absolute atomic E-state index is 12.5. The van der Waals surface area contributed by atoms with Gasteiger partial charge >= 0.3 is 6.61 Å². The van der Waals surface area contributed by atoms with Crippen molar-refractivity contribution in [3.8, 4) is 5.75 Å². The third kappa shape index (κ3) is 4.20. The van der Waals surface area contributed by atoms with Gasteiger partial charge in [-0.2, -0.15) is 8.78 Å². The van der Waals surface area contributed by atoms with Crippen LogP contribution in [-0.2, 0) is 0 Å². The molecule has 130 valence electrons. The molecule has 0 fully saturated rings. The van der Waals surface area contributed by atoms with Gasteiger partial charge in [-0.1, -0.05) is 42.1 Å². The van der Waals surface area contributed by atoms with Crippen LogP contribution < -0.4 is 10.1 Å². The van der Waals surface area contributed by atoms with Gasteiger partial charge in [0.2, 0.25) is 0 Å². The van der Waals surface area contributed by atoms with Gasteiger partial charge in [0.05, 0.1) is 4.87 Å². The highest BCUT2D eigenvalue weighted by molar-refractivity contribution is 8.00. The Balaban J connectivity index is 1.99. The fourth-order valence-corrected chi connectivity index (χ4v) is 3.78.